The quantitative estimate of drug-likeness (QED) is 0.346. The lowest BCUT2D eigenvalue weighted by Gasteiger charge is -2.38. The highest BCUT2D eigenvalue weighted by molar-refractivity contribution is 7.80. The summed E-state index contributed by atoms with van der Waals surface area (Å²) < 4.78 is 30.3. The summed E-state index contributed by atoms with van der Waals surface area (Å²) in [7, 11) is 0. The van der Waals surface area contributed by atoms with Crippen LogP contribution in [0.4, 0.5) is 0 Å². The molecule has 3 aromatic rings. The summed E-state index contributed by atoms with van der Waals surface area (Å²) in [6, 6.07) is 23.8. The van der Waals surface area contributed by atoms with Gasteiger partial charge in [0.05, 0.1) is 5.41 Å². The van der Waals surface area contributed by atoms with Crippen LogP contribution in [0.25, 0.3) is 0 Å². The Morgan fingerprint density at radius 3 is 1.60 bits per heavy atom. The lowest BCUT2D eigenvalue weighted by atomic mass is 9.72. The van der Waals surface area contributed by atoms with Gasteiger partial charge >= 0.3 is 0 Å². The van der Waals surface area contributed by atoms with Gasteiger partial charge in [-0.05, 0) is 70.8 Å². The minimum absolute atomic E-state index is 0.460. The molecule has 0 bridgehead atoms. The van der Waals surface area contributed by atoms with Gasteiger partial charge in [-0.25, -0.2) is 0 Å². The summed E-state index contributed by atoms with van der Waals surface area (Å²) in [5.74, 6) is 0.460. The Hall–Kier alpha value is -2.37. The largest absolute Gasteiger partial charge is 0.769 e. The molecule has 0 spiro atoms. The molecule has 0 fully saturated rings. The van der Waals surface area contributed by atoms with Crippen molar-refractivity contribution in [1.29, 1.82) is 0 Å². The van der Waals surface area contributed by atoms with Crippen molar-refractivity contribution in [3.8, 4) is 5.75 Å². The van der Waals surface area contributed by atoms with Gasteiger partial charge < -0.3 is 9.29 Å². The van der Waals surface area contributed by atoms with Crippen LogP contribution >= 0.6 is 23.2 Å². The van der Waals surface area contributed by atoms with Gasteiger partial charge in [-0.2, -0.15) is 0 Å². The summed E-state index contributed by atoms with van der Waals surface area (Å²) in [6.07, 6.45) is 6.84. The van der Waals surface area contributed by atoms with Crippen molar-refractivity contribution < 1.29 is 13.5 Å². The molecule has 1 aliphatic rings. The average Bonchev–Trinajstić information content (AvgIpc) is 2.76. The number of benzene rings is 3. The lowest BCUT2D eigenvalue weighted by Crippen LogP contribution is -2.41. The molecule has 6 heteroatoms. The normalized spacial score (nSPS) is 17.4. The van der Waals surface area contributed by atoms with Gasteiger partial charge in [0.1, 0.15) is 5.75 Å². The maximum Gasteiger partial charge on any atom is 0.207 e. The van der Waals surface area contributed by atoms with Crippen molar-refractivity contribution in [1.82, 2.24) is 0 Å². The van der Waals surface area contributed by atoms with Gasteiger partial charge in [0, 0.05) is 10.0 Å². The Bertz CT molecular complexity index is 1050. The van der Waals surface area contributed by atoms with E-state index in [4.69, 9.17) is 27.9 Å². The molecule has 3 aromatic carbocycles. The Morgan fingerprint density at radius 1 is 0.700 bits per heavy atom. The number of hydrogen-bond acceptors (Lipinski definition) is 3. The van der Waals surface area contributed by atoms with Crippen molar-refractivity contribution in [3.63, 3.8) is 0 Å². The standard InChI is InChI=1S/C24H18Cl2O3S/c25-20-10-6-18(7-11-20)23(19-8-12-21(26)13-9-19)14-16-24(17-15-23,30(27)28)29-22-4-2-1-3-5-22/h1-17H,(H,27,28)/p-1. The molecule has 1 atom stereocenters. The second-order valence-corrected chi connectivity index (χ2v) is 8.90. The number of para-hydroxylation sites is 1. The molecule has 0 aromatic heterocycles. The van der Waals surface area contributed by atoms with Crippen LogP contribution in [0.5, 0.6) is 5.75 Å². The molecule has 30 heavy (non-hydrogen) atoms. The first-order valence-corrected chi connectivity index (χ1v) is 11.0. The zero-order valence-corrected chi connectivity index (χ0v) is 18.0. The topological polar surface area (TPSA) is 49.4 Å². The first kappa shape index (κ1) is 20.9. The molecule has 0 amide bonds. The van der Waals surface area contributed by atoms with Crippen molar-refractivity contribution in [2.45, 2.75) is 10.3 Å². The fraction of sp³-hybridized carbons (Fsp3) is 0.0833. The second-order valence-electron chi connectivity index (χ2n) is 6.92. The molecule has 0 N–H and O–H groups in total. The third kappa shape index (κ3) is 3.96. The Morgan fingerprint density at radius 2 is 1.17 bits per heavy atom. The van der Waals surface area contributed by atoms with E-state index in [0.29, 0.717) is 15.8 Å². The molecular formula is C24H17Cl2O3S-. The van der Waals surface area contributed by atoms with Crippen LogP contribution in [0.2, 0.25) is 10.0 Å². The van der Waals surface area contributed by atoms with Gasteiger partial charge in [0.2, 0.25) is 4.93 Å². The molecule has 1 aliphatic carbocycles. The molecular weight excluding hydrogens is 439 g/mol. The highest BCUT2D eigenvalue weighted by Gasteiger charge is 2.38. The maximum absolute atomic E-state index is 12.2. The Balaban J connectivity index is 1.81. The molecule has 1 unspecified atom stereocenters. The van der Waals surface area contributed by atoms with Crippen molar-refractivity contribution in [3.05, 3.63) is 124 Å². The van der Waals surface area contributed by atoms with E-state index in [1.807, 2.05) is 66.7 Å². The second kappa shape index (κ2) is 8.40. The van der Waals surface area contributed by atoms with Crippen molar-refractivity contribution in [2.24, 2.45) is 0 Å². The minimum Gasteiger partial charge on any atom is -0.769 e. The molecule has 0 heterocycles. The van der Waals surface area contributed by atoms with Gasteiger partial charge in [-0.3, -0.25) is 4.21 Å². The summed E-state index contributed by atoms with van der Waals surface area (Å²) in [6.45, 7) is 0. The predicted octanol–water partition coefficient (Wildman–Crippen LogP) is 6.06. The van der Waals surface area contributed by atoms with E-state index in [1.54, 1.807) is 36.4 Å². The van der Waals surface area contributed by atoms with Gasteiger partial charge in [0.25, 0.3) is 0 Å². The Kier molecular flexibility index (Phi) is 5.85. The monoisotopic (exact) mass is 455 g/mol. The minimum atomic E-state index is -2.55. The van der Waals surface area contributed by atoms with E-state index >= 15 is 0 Å². The zero-order valence-electron chi connectivity index (χ0n) is 15.7. The number of rotatable bonds is 5. The van der Waals surface area contributed by atoms with E-state index in [2.05, 4.69) is 0 Å². The average molecular weight is 456 g/mol. The number of hydrogen-bond donors (Lipinski definition) is 0. The molecule has 0 saturated carbocycles. The molecule has 4 rings (SSSR count). The summed E-state index contributed by atoms with van der Waals surface area (Å²) in [5.41, 5.74) is 1.18. The molecule has 0 radical (unpaired) electrons. The van der Waals surface area contributed by atoms with E-state index in [9.17, 15) is 8.76 Å². The van der Waals surface area contributed by atoms with Crippen LogP contribution < -0.4 is 4.74 Å². The third-order valence-electron chi connectivity index (χ3n) is 5.08. The summed E-state index contributed by atoms with van der Waals surface area (Å²) >= 11 is 9.62. The predicted molar refractivity (Wildman–Crippen MR) is 121 cm³/mol. The van der Waals surface area contributed by atoms with Gasteiger partial charge in [-0.1, -0.05) is 77.8 Å². The van der Waals surface area contributed by atoms with Crippen LogP contribution in [0.1, 0.15) is 11.1 Å². The van der Waals surface area contributed by atoms with Crippen LogP contribution in [0, 0.1) is 0 Å². The summed E-state index contributed by atoms with van der Waals surface area (Å²) in [5, 5.41) is 1.24. The van der Waals surface area contributed by atoms with Gasteiger partial charge in [0.15, 0.2) is 0 Å². The van der Waals surface area contributed by atoms with Crippen LogP contribution in [-0.2, 0) is 16.5 Å². The van der Waals surface area contributed by atoms with Crippen LogP contribution in [0.3, 0.4) is 0 Å². The number of allylic oxidation sites excluding steroid dienone is 2. The van der Waals surface area contributed by atoms with E-state index in [1.165, 1.54) is 0 Å². The van der Waals surface area contributed by atoms with Crippen LogP contribution in [0.15, 0.2) is 103 Å². The fourth-order valence-electron chi connectivity index (χ4n) is 3.50. The maximum atomic E-state index is 12.2. The first-order valence-electron chi connectivity index (χ1n) is 9.20. The lowest BCUT2D eigenvalue weighted by molar-refractivity contribution is 0.240. The van der Waals surface area contributed by atoms with Gasteiger partial charge in [-0.15, -0.1) is 0 Å². The van der Waals surface area contributed by atoms with E-state index in [-0.39, 0.29) is 0 Å². The highest BCUT2D eigenvalue weighted by atomic mass is 35.5. The van der Waals surface area contributed by atoms with Crippen LogP contribution in [-0.4, -0.2) is 13.7 Å². The first-order chi connectivity index (χ1) is 14.4. The number of ether oxygens (including phenoxy) is 1. The molecule has 0 saturated heterocycles. The van der Waals surface area contributed by atoms with E-state index < -0.39 is 21.4 Å². The molecule has 3 nitrogen and oxygen atoms in total. The van der Waals surface area contributed by atoms with E-state index in [0.717, 1.165) is 11.1 Å². The summed E-state index contributed by atoms with van der Waals surface area (Å²) in [4.78, 5) is -1.61. The SMILES string of the molecule is O=S([O-])C1(Oc2ccccc2)C=CC(c2ccc(Cl)cc2)(c2ccc(Cl)cc2)C=C1. The van der Waals surface area contributed by atoms with Crippen molar-refractivity contribution in [2.75, 3.05) is 0 Å². The zero-order chi connectivity index (χ0) is 21.2. The number of halogens is 2. The fourth-order valence-corrected chi connectivity index (χ4v) is 4.27. The smallest absolute Gasteiger partial charge is 0.207 e. The third-order valence-corrected chi connectivity index (χ3v) is 6.46. The highest BCUT2D eigenvalue weighted by Crippen LogP contribution is 2.41. The molecule has 0 aliphatic heterocycles. The Labute approximate surface area is 187 Å². The van der Waals surface area contributed by atoms with Crippen molar-refractivity contribution >= 4 is 34.3 Å². The molecule has 152 valence electrons.